The van der Waals surface area contributed by atoms with Gasteiger partial charge in [-0.3, -0.25) is 0 Å². The van der Waals surface area contributed by atoms with Crippen LogP contribution in [-0.4, -0.2) is 20.2 Å². The lowest BCUT2D eigenvalue weighted by Gasteiger charge is -2.12. The molecule has 0 amide bonds. The maximum atomic E-state index is 11.1. The Morgan fingerprint density at radius 3 is 2.41 bits per heavy atom. The fourth-order valence-corrected chi connectivity index (χ4v) is 2.68. The van der Waals surface area contributed by atoms with Crippen LogP contribution in [0.25, 0.3) is 0 Å². The number of methoxy groups -OCH3 is 2. The summed E-state index contributed by atoms with van der Waals surface area (Å²) in [6.07, 6.45) is 2.52. The van der Waals surface area contributed by atoms with Crippen molar-refractivity contribution >= 4 is 17.7 Å². The molecule has 0 aromatic heterocycles. The molecule has 4 nitrogen and oxygen atoms in total. The lowest BCUT2D eigenvalue weighted by atomic mass is 10.3. The molecule has 2 aromatic carbocycles. The van der Waals surface area contributed by atoms with E-state index in [2.05, 4.69) is 4.74 Å². The zero-order valence-corrected chi connectivity index (χ0v) is 13.1. The van der Waals surface area contributed by atoms with Crippen molar-refractivity contribution in [2.75, 3.05) is 14.2 Å². The highest BCUT2D eigenvalue weighted by atomic mass is 32.2. The van der Waals surface area contributed by atoms with Crippen molar-refractivity contribution in [3.63, 3.8) is 0 Å². The molecule has 5 heteroatoms. The third-order valence-electron chi connectivity index (χ3n) is 2.73. The molecule has 0 unspecified atom stereocenters. The van der Waals surface area contributed by atoms with E-state index in [1.165, 1.54) is 31.2 Å². The van der Waals surface area contributed by atoms with Gasteiger partial charge in [0.2, 0.25) is 0 Å². The Morgan fingerprint density at radius 1 is 1.00 bits per heavy atom. The van der Waals surface area contributed by atoms with E-state index in [-0.39, 0.29) is 0 Å². The third kappa shape index (κ3) is 4.30. The Kier molecular flexibility index (Phi) is 5.91. The van der Waals surface area contributed by atoms with E-state index in [0.717, 1.165) is 9.79 Å². The second kappa shape index (κ2) is 8.14. The molecule has 0 aliphatic carbocycles. The van der Waals surface area contributed by atoms with Gasteiger partial charge in [0, 0.05) is 4.90 Å². The molecule has 0 saturated carbocycles. The molecule has 0 atom stereocenters. The van der Waals surface area contributed by atoms with Gasteiger partial charge in [-0.05, 0) is 24.3 Å². The van der Waals surface area contributed by atoms with Gasteiger partial charge in [-0.2, -0.15) is 0 Å². The molecule has 0 radical (unpaired) electrons. The molecule has 2 aromatic rings. The molecule has 2 rings (SSSR count). The highest BCUT2D eigenvalue weighted by Gasteiger charge is 2.11. The predicted octanol–water partition coefficient (Wildman–Crippen LogP) is 3.91. The van der Waals surface area contributed by atoms with Crippen LogP contribution < -0.4 is 9.47 Å². The molecule has 0 aliphatic rings. The van der Waals surface area contributed by atoms with Crippen molar-refractivity contribution in [1.82, 2.24) is 0 Å². The van der Waals surface area contributed by atoms with Crippen molar-refractivity contribution in [3.8, 4) is 11.5 Å². The van der Waals surface area contributed by atoms with Crippen LogP contribution in [0.2, 0.25) is 0 Å². The Labute approximate surface area is 133 Å². The molecule has 0 heterocycles. The molecule has 0 N–H and O–H groups in total. The van der Waals surface area contributed by atoms with Crippen LogP contribution in [0, 0.1) is 0 Å². The SMILES string of the molecule is COC(=O)/C=C\Oc1cccc(OC)c1Sc1ccccc1. The molecule has 0 bridgehead atoms. The largest absolute Gasteiger partial charge is 0.495 e. The summed E-state index contributed by atoms with van der Waals surface area (Å²) < 4.78 is 15.5. The fourth-order valence-electron chi connectivity index (χ4n) is 1.69. The molecule has 22 heavy (non-hydrogen) atoms. The number of hydrogen-bond donors (Lipinski definition) is 0. The van der Waals surface area contributed by atoms with Crippen LogP contribution in [0.1, 0.15) is 0 Å². The summed E-state index contributed by atoms with van der Waals surface area (Å²) in [5.41, 5.74) is 0. The summed E-state index contributed by atoms with van der Waals surface area (Å²) in [5.74, 6) is 0.839. The van der Waals surface area contributed by atoms with E-state index in [1.807, 2.05) is 48.5 Å². The molecule has 0 aliphatic heterocycles. The van der Waals surface area contributed by atoms with Crippen LogP contribution in [0.5, 0.6) is 11.5 Å². The van der Waals surface area contributed by atoms with E-state index in [9.17, 15) is 4.79 Å². The van der Waals surface area contributed by atoms with Crippen molar-refractivity contribution in [1.29, 1.82) is 0 Å². The van der Waals surface area contributed by atoms with Crippen LogP contribution in [-0.2, 0) is 9.53 Å². The minimum atomic E-state index is -0.472. The first kappa shape index (κ1) is 16.0. The maximum absolute atomic E-state index is 11.1. The number of carbonyl (C=O) groups excluding carboxylic acids is 1. The van der Waals surface area contributed by atoms with Crippen LogP contribution in [0.3, 0.4) is 0 Å². The van der Waals surface area contributed by atoms with Gasteiger partial charge >= 0.3 is 5.97 Å². The molecule has 0 fully saturated rings. The number of hydrogen-bond acceptors (Lipinski definition) is 5. The highest BCUT2D eigenvalue weighted by molar-refractivity contribution is 7.99. The van der Waals surface area contributed by atoms with Gasteiger partial charge in [-0.15, -0.1) is 0 Å². The monoisotopic (exact) mass is 316 g/mol. The van der Waals surface area contributed by atoms with E-state index in [0.29, 0.717) is 11.5 Å². The number of esters is 1. The van der Waals surface area contributed by atoms with Gasteiger partial charge in [0.25, 0.3) is 0 Å². The first-order chi connectivity index (χ1) is 10.7. The smallest absolute Gasteiger partial charge is 0.333 e. The summed E-state index contributed by atoms with van der Waals surface area (Å²) in [6, 6.07) is 15.4. The number of ether oxygens (including phenoxy) is 3. The van der Waals surface area contributed by atoms with E-state index >= 15 is 0 Å². The van der Waals surface area contributed by atoms with E-state index in [1.54, 1.807) is 7.11 Å². The van der Waals surface area contributed by atoms with Crippen molar-refractivity contribution in [3.05, 3.63) is 60.9 Å². The lowest BCUT2D eigenvalue weighted by Crippen LogP contribution is -1.96. The molecular weight excluding hydrogens is 300 g/mol. The number of carbonyl (C=O) groups is 1. The second-order valence-electron chi connectivity index (χ2n) is 4.15. The minimum Gasteiger partial charge on any atom is -0.495 e. The van der Waals surface area contributed by atoms with Gasteiger partial charge in [0.1, 0.15) is 11.5 Å². The Morgan fingerprint density at radius 2 is 1.73 bits per heavy atom. The summed E-state index contributed by atoms with van der Waals surface area (Å²) in [4.78, 5) is 13.0. The van der Waals surface area contributed by atoms with E-state index in [4.69, 9.17) is 9.47 Å². The fraction of sp³-hybridized carbons (Fsp3) is 0.118. The third-order valence-corrected chi connectivity index (χ3v) is 3.84. The van der Waals surface area contributed by atoms with Gasteiger partial charge in [0.05, 0.1) is 31.5 Å². The first-order valence-corrected chi connectivity index (χ1v) is 7.37. The zero-order chi connectivity index (χ0) is 15.8. The second-order valence-corrected chi connectivity index (χ2v) is 5.23. The number of rotatable bonds is 6. The van der Waals surface area contributed by atoms with Crippen LogP contribution in [0.4, 0.5) is 0 Å². The standard InChI is InChI=1S/C17H16O4S/c1-19-14-9-6-10-15(21-12-11-16(18)20-2)17(14)22-13-7-4-3-5-8-13/h3-12H,1-2H3/b12-11-. The number of benzene rings is 2. The quantitative estimate of drug-likeness (QED) is 0.459. The first-order valence-electron chi connectivity index (χ1n) is 6.55. The van der Waals surface area contributed by atoms with Gasteiger partial charge < -0.3 is 14.2 Å². The average Bonchev–Trinajstić information content (AvgIpc) is 2.56. The summed E-state index contributed by atoms with van der Waals surface area (Å²) >= 11 is 1.53. The summed E-state index contributed by atoms with van der Waals surface area (Å²) in [7, 11) is 2.92. The zero-order valence-electron chi connectivity index (χ0n) is 12.3. The normalized spacial score (nSPS) is 10.5. The van der Waals surface area contributed by atoms with Gasteiger partial charge in [-0.1, -0.05) is 36.0 Å². The Bertz CT molecular complexity index is 653. The Balaban J connectivity index is 2.25. The van der Waals surface area contributed by atoms with Gasteiger partial charge in [0.15, 0.2) is 0 Å². The van der Waals surface area contributed by atoms with Crippen LogP contribution in [0.15, 0.2) is 70.7 Å². The Hall–Kier alpha value is -2.40. The maximum Gasteiger partial charge on any atom is 0.333 e. The topological polar surface area (TPSA) is 44.8 Å². The summed E-state index contributed by atoms with van der Waals surface area (Å²) in [5, 5.41) is 0. The van der Waals surface area contributed by atoms with E-state index < -0.39 is 5.97 Å². The average molecular weight is 316 g/mol. The van der Waals surface area contributed by atoms with Crippen LogP contribution >= 0.6 is 11.8 Å². The van der Waals surface area contributed by atoms with Crippen molar-refractivity contribution < 1.29 is 19.0 Å². The van der Waals surface area contributed by atoms with Crippen molar-refractivity contribution in [2.24, 2.45) is 0 Å². The van der Waals surface area contributed by atoms with Crippen molar-refractivity contribution in [2.45, 2.75) is 9.79 Å². The molecule has 114 valence electrons. The molecular formula is C17H16O4S. The highest BCUT2D eigenvalue weighted by Crippen LogP contribution is 2.41. The molecule has 0 saturated heterocycles. The lowest BCUT2D eigenvalue weighted by molar-refractivity contribution is -0.134. The molecule has 0 spiro atoms. The van der Waals surface area contributed by atoms with Gasteiger partial charge in [-0.25, -0.2) is 4.79 Å². The minimum absolute atomic E-state index is 0.472. The predicted molar refractivity (Wildman–Crippen MR) is 85.3 cm³/mol. The summed E-state index contributed by atoms with van der Waals surface area (Å²) in [6.45, 7) is 0.